The fraction of sp³-hybridized carbons (Fsp3) is 0.185. The first kappa shape index (κ1) is 22.0. The fourth-order valence-corrected chi connectivity index (χ4v) is 5.77. The van der Waals surface area contributed by atoms with Gasteiger partial charge in [0.2, 0.25) is 0 Å². The SMILES string of the molecule is COc1ccccc1C1CN2C(=O)N(c3ccc(Cl)c(Cl)c3)C(=O)[C@]2(C)c2[nH]c3ccccc3c21. The Labute approximate surface area is 212 Å². The topological polar surface area (TPSA) is 65.6 Å². The quantitative estimate of drug-likeness (QED) is 0.331. The first-order valence-electron chi connectivity index (χ1n) is 11.2. The number of fused-ring (bicyclic) bond motifs is 5. The van der Waals surface area contributed by atoms with Crippen molar-refractivity contribution in [3.63, 3.8) is 0 Å². The molecule has 1 unspecified atom stereocenters. The summed E-state index contributed by atoms with van der Waals surface area (Å²) in [5, 5.41) is 1.65. The molecule has 3 amide bonds. The van der Waals surface area contributed by atoms with Crippen molar-refractivity contribution in [1.82, 2.24) is 9.88 Å². The third kappa shape index (κ3) is 2.96. The lowest BCUT2D eigenvalue weighted by molar-refractivity contribution is -0.125. The molecule has 3 aromatic carbocycles. The zero-order valence-electron chi connectivity index (χ0n) is 19.0. The number of carbonyl (C=O) groups excluding carboxylic acids is 2. The minimum atomic E-state index is -1.21. The van der Waals surface area contributed by atoms with Crippen LogP contribution in [0.5, 0.6) is 5.75 Å². The number of aromatic amines is 1. The summed E-state index contributed by atoms with van der Waals surface area (Å²) < 4.78 is 5.68. The summed E-state index contributed by atoms with van der Waals surface area (Å²) in [6.07, 6.45) is 0. The number of H-pyrrole nitrogens is 1. The second kappa shape index (κ2) is 7.77. The van der Waals surface area contributed by atoms with Gasteiger partial charge in [0.1, 0.15) is 5.75 Å². The van der Waals surface area contributed by atoms with Crippen LogP contribution in [0.1, 0.15) is 29.7 Å². The van der Waals surface area contributed by atoms with Crippen LogP contribution in [0.3, 0.4) is 0 Å². The number of para-hydroxylation sites is 2. The first-order valence-corrected chi connectivity index (χ1v) is 12.0. The third-order valence-electron chi connectivity index (χ3n) is 7.20. The number of carbonyl (C=O) groups is 2. The predicted octanol–water partition coefficient (Wildman–Crippen LogP) is 6.31. The summed E-state index contributed by atoms with van der Waals surface area (Å²) in [6, 6.07) is 20.1. The van der Waals surface area contributed by atoms with E-state index >= 15 is 0 Å². The number of imide groups is 1. The van der Waals surface area contributed by atoms with Crippen LogP contribution >= 0.6 is 23.2 Å². The highest BCUT2D eigenvalue weighted by atomic mass is 35.5. The van der Waals surface area contributed by atoms with E-state index in [1.807, 2.05) is 48.5 Å². The first-order chi connectivity index (χ1) is 16.9. The lowest BCUT2D eigenvalue weighted by atomic mass is 9.78. The molecule has 0 bridgehead atoms. The van der Waals surface area contributed by atoms with Crippen molar-refractivity contribution in [1.29, 1.82) is 0 Å². The van der Waals surface area contributed by atoms with Gasteiger partial charge in [-0.15, -0.1) is 0 Å². The number of hydrogen-bond acceptors (Lipinski definition) is 3. The number of benzene rings is 3. The molecular formula is C27H21Cl2N3O3. The normalized spacial score (nSPS) is 21.4. The van der Waals surface area contributed by atoms with Crippen molar-refractivity contribution in [2.45, 2.75) is 18.4 Å². The van der Waals surface area contributed by atoms with E-state index in [9.17, 15) is 9.59 Å². The maximum absolute atomic E-state index is 14.0. The molecule has 3 heterocycles. The van der Waals surface area contributed by atoms with Crippen molar-refractivity contribution in [3.05, 3.63) is 93.6 Å². The average Bonchev–Trinajstić information content (AvgIpc) is 3.35. The molecule has 6 nitrogen and oxygen atoms in total. The van der Waals surface area contributed by atoms with Gasteiger partial charge in [0, 0.05) is 28.9 Å². The highest BCUT2D eigenvalue weighted by Crippen LogP contribution is 2.51. The Morgan fingerprint density at radius 1 is 1.00 bits per heavy atom. The summed E-state index contributed by atoms with van der Waals surface area (Å²) in [5.41, 5.74) is 2.75. The van der Waals surface area contributed by atoms with Gasteiger partial charge in [-0.05, 0) is 42.8 Å². The van der Waals surface area contributed by atoms with Gasteiger partial charge in [-0.25, -0.2) is 9.69 Å². The van der Waals surface area contributed by atoms with Gasteiger partial charge in [0.15, 0.2) is 5.54 Å². The molecule has 6 rings (SSSR count). The van der Waals surface area contributed by atoms with Gasteiger partial charge in [-0.3, -0.25) is 4.79 Å². The summed E-state index contributed by atoms with van der Waals surface area (Å²) in [5.74, 6) is 0.194. The lowest BCUT2D eigenvalue weighted by Gasteiger charge is -2.40. The number of rotatable bonds is 3. The second-order valence-corrected chi connectivity index (χ2v) is 9.77. The number of nitrogens with zero attached hydrogens (tertiary/aromatic N) is 2. The molecule has 1 saturated heterocycles. The second-order valence-electron chi connectivity index (χ2n) is 8.96. The van der Waals surface area contributed by atoms with Crippen LogP contribution in [-0.2, 0) is 10.3 Å². The Kier molecular flexibility index (Phi) is 4.88. The molecule has 0 spiro atoms. The molecular weight excluding hydrogens is 485 g/mol. The van der Waals surface area contributed by atoms with Gasteiger partial charge in [0.25, 0.3) is 5.91 Å². The maximum Gasteiger partial charge on any atom is 0.332 e. The Morgan fingerprint density at radius 3 is 2.51 bits per heavy atom. The van der Waals surface area contributed by atoms with Crippen LogP contribution < -0.4 is 9.64 Å². The summed E-state index contributed by atoms with van der Waals surface area (Å²) >= 11 is 12.3. The van der Waals surface area contributed by atoms with E-state index in [1.54, 1.807) is 37.1 Å². The molecule has 0 aliphatic carbocycles. The minimum absolute atomic E-state index is 0.198. The van der Waals surface area contributed by atoms with Crippen LogP contribution in [0.25, 0.3) is 10.9 Å². The number of methoxy groups -OCH3 is 1. The van der Waals surface area contributed by atoms with Crippen LogP contribution in [0, 0.1) is 0 Å². The van der Waals surface area contributed by atoms with Crippen LogP contribution in [0.15, 0.2) is 66.7 Å². The Hall–Kier alpha value is -3.48. The van der Waals surface area contributed by atoms with E-state index in [4.69, 9.17) is 27.9 Å². The van der Waals surface area contributed by atoms with E-state index in [2.05, 4.69) is 4.98 Å². The number of urea groups is 1. The minimum Gasteiger partial charge on any atom is -0.496 e. The van der Waals surface area contributed by atoms with Gasteiger partial charge in [-0.2, -0.15) is 0 Å². The van der Waals surface area contributed by atoms with Crippen LogP contribution in [0.4, 0.5) is 10.5 Å². The number of anilines is 1. The van der Waals surface area contributed by atoms with Crippen molar-refractivity contribution in [2.75, 3.05) is 18.6 Å². The standard InChI is InChI=1S/C27H21Cl2N3O3/c1-27-24-23(17-8-3-5-9-21(17)30-24)18(16-7-4-6-10-22(16)35-2)14-31(27)26(34)32(25(27)33)15-11-12-19(28)20(29)13-15/h3-13,18,30H,14H2,1-2H3/t18?,27-/m0/s1. The molecule has 176 valence electrons. The van der Waals surface area contributed by atoms with Crippen LogP contribution in [0.2, 0.25) is 10.0 Å². The van der Waals surface area contributed by atoms with Gasteiger partial charge in [-0.1, -0.05) is 59.6 Å². The number of ether oxygens (including phenoxy) is 1. The number of nitrogens with one attached hydrogen (secondary N) is 1. The molecule has 0 radical (unpaired) electrons. The highest BCUT2D eigenvalue weighted by molar-refractivity contribution is 6.42. The summed E-state index contributed by atoms with van der Waals surface area (Å²) in [6.45, 7) is 2.12. The number of halogens is 2. The number of hydrogen-bond donors (Lipinski definition) is 1. The lowest BCUT2D eigenvalue weighted by Crippen LogP contribution is -2.50. The molecule has 1 fully saturated rings. The summed E-state index contributed by atoms with van der Waals surface area (Å²) in [7, 11) is 1.64. The smallest absolute Gasteiger partial charge is 0.332 e. The van der Waals surface area contributed by atoms with Crippen molar-refractivity contribution in [2.24, 2.45) is 0 Å². The Morgan fingerprint density at radius 2 is 1.74 bits per heavy atom. The summed E-state index contributed by atoms with van der Waals surface area (Å²) in [4.78, 5) is 34.2. The molecule has 4 aromatic rings. The highest BCUT2D eigenvalue weighted by Gasteiger charge is 2.60. The van der Waals surface area contributed by atoms with Gasteiger partial charge >= 0.3 is 6.03 Å². The average molecular weight is 506 g/mol. The van der Waals surface area contributed by atoms with E-state index in [0.717, 1.165) is 27.8 Å². The zero-order valence-corrected chi connectivity index (χ0v) is 20.5. The molecule has 1 N–H and O–H groups in total. The third-order valence-corrected chi connectivity index (χ3v) is 7.94. The van der Waals surface area contributed by atoms with E-state index in [-0.39, 0.29) is 16.8 Å². The van der Waals surface area contributed by atoms with Crippen LogP contribution in [-0.4, -0.2) is 35.5 Å². The Bertz CT molecular complexity index is 1530. The van der Waals surface area contributed by atoms with E-state index in [0.29, 0.717) is 22.9 Å². The number of amides is 3. The zero-order chi connectivity index (χ0) is 24.5. The molecule has 1 aromatic heterocycles. The van der Waals surface area contributed by atoms with E-state index in [1.165, 1.54) is 4.90 Å². The molecule has 2 atom stereocenters. The van der Waals surface area contributed by atoms with Gasteiger partial charge in [0.05, 0.1) is 28.5 Å². The molecule has 2 aliphatic heterocycles. The molecule has 35 heavy (non-hydrogen) atoms. The monoisotopic (exact) mass is 505 g/mol. The van der Waals surface area contributed by atoms with Crippen molar-refractivity contribution >= 4 is 51.7 Å². The number of aromatic nitrogens is 1. The fourth-order valence-electron chi connectivity index (χ4n) is 5.48. The van der Waals surface area contributed by atoms with Gasteiger partial charge < -0.3 is 14.6 Å². The molecule has 8 heteroatoms. The maximum atomic E-state index is 14.0. The van der Waals surface area contributed by atoms with E-state index < -0.39 is 11.6 Å². The molecule has 0 saturated carbocycles. The van der Waals surface area contributed by atoms with Crippen molar-refractivity contribution < 1.29 is 14.3 Å². The Balaban J connectivity index is 1.59. The molecule has 2 aliphatic rings. The van der Waals surface area contributed by atoms with Crippen molar-refractivity contribution in [3.8, 4) is 5.75 Å². The predicted molar refractivity (Wildman–Crippen MR) is 137 cm³/mol. The largest absolute Gasteiger partial charge is 0.496 e.